The summed E-state index contributed by atoms with van der Waals surface area (Å²) in [6.45, 7) is 2.04. The third kappa shape index (κ3) is 2.77. The van der Waals surface area contributed by atoms with Crippen molar-refractivity contribution in [3.8, 4) is 0 Å². The minimum absolute atomic E-state index is 0.0332. The van der Waals surface area contributed by atoms with Crippen LogP contribution in [0, 0.1) is 0 Å². The first-order valence-electron chi connectivity index (χ1n) is 5.90. The lowest BCUT2D eigenvalue weighted by molar-refractivity contribution is 0.0508. The van der Waals surface area contributed by atoms with Gasteiger partial charge in [0.25, 0.3) is 0 Å². The van der Waals surface area contributed by atoms with E-state index in [1.165, 1.54) is 5.56 Å². The lowest BCUT2D eigenvalue weighted by Crippen LogP contribution is -2.46. The molecule has 2 amide bonds. The average molecular weight is 234 g/mol. The maximum atomic E-state index is 10.9. The molecule has 1 aliphatic heterocycles. The molecule has 0 saturated carbocycles. The molecule has 1 aromatic carbocycles. The van der Waals surface area contributed by atoms with Crippen LogP contribution >= 0.6 is 0 Å². The van der Waals surface area contributed by atoms with Gasteiger partial charge in [-0.1, -0.05) is 30.3 Å². The van der Waals surface area contributed by atoms with Crippen molar-refractivity contribution >= 4 is 6.03 Å². The number of rotatable bonds is 3. The van der Waals surface area contributed by atoms with Crippen molar-refractivity contribution in [1.29, 1.82) is 0 Å². The Balaban J connectivity index is 2.20. The third-order valence-corrected chi connectivity index (χ3v) is 3.44. The van der Waals surface area contributed by atoms with E-state index in [0.717, 1.165) is 26.1 Å². The second-order valence-corrected chi connectivity index (χ2v) is 4.48. The highest BCUT2D eigenvalue weighted by molar-refractivity contribution is 5.71. The van der Waals surface area contributed by atoms with Crippen LogP contribution in [0.5, 0.6) is 0 Å². The highest BCUT2D eigenvalue weighted by Gasteiger charge is 2.34. The molecule has 0 unspecified atom stereocenters. The Morgan fingerprint density at radius 1 is 1.29 bits per heavy atom. The van der Waals surface area contributed by atoms with Crippen LogP contribution in [-0.4, -0.2) is 25.8 Å². The van der Waals surface area contributed by atoms with Crippen molar-refractivity contribution in [3.63, 3.8) is 0 Å². The molecule has 2 rings (SSSR count). The SMILES string of the molecule is NC(=O)NCC1(c2ccccc2)CCOCC1. The van der Waals surface area contributed by atoms with Gasteiger partial charge in [-0.2, -0.15) is 0 Å². The lowest BCUT2D eigenvalue weighted by atomic mass is 9.74. The first-order chi connectivity index (χ1) is 8.23. The summed E-state index contributed by atoms with van der Waals surface area (Å²) in [5.41, 5.74) is 6.38. The maximum absolute atomic E-state index is 10.9. The summed E-state index contributed by atoms with van der Waals surface area (Å²) in [4.78, 5) is 10.9. The van der Waals surface area contributed by atoms with Gasteiger partial charge < -0.3 is 15.8 Å². The van der Waals surface area contributed by atoms with Crippen LogP contribution in [0.3, 0.4) is 0 Å². The van der Waals surface area contributed by atoms with E-state index in [9.17, 15) is 4.79 Å². The van der Waals surface area contributed by atoms with Crippen LogP contribution in [-0.2, 0) is 10.2 Å². The number of nitrogens with one attached hydrogen (secondary N) is 1. The highest BCUT2D eigenvalue weighted by Crippen LogP contribution is 2.34. The molecule has 4 heteroatoms. The molecule has 0 bridgehead atoms. The van der Waals surface area contributed by atoms with Crippen molar-refractivity contribution < 1.29 is 9.53 Å². The highest BCUT2D eigenvalue weighted by atomic mass is 16.5. The predicted molar refractivity (Wildman–Crippen MR) is 65.8 cm³/mol. The zero-order valence-electron chi connectivity index (χ0n) is 9.82. The Morgan fingerprint density at radius 3 is 2.53 bits per heavy atom. The molecule has 0 aliphatic carbocycles. The minimum Gasteiger partial charge on any atom is -0.381 e. The van der Waals surface area contributed by atoms with Gasteiger partial charge >= 0.3 is 6.03 Å². The number of carbonyl (C=O) groups excluding carboxylic acids is 1. The number of urea groups is 1. The summed E-state index contributed by atoms with van der Waals surface area (Å²) in [6, 6.07) is 9.79. The molecule has 1 saturated heterocycles. The first kappa shape index (κ1) is 11.9. The molecular weight excluding hydrogens is 216 g/mol. The molecule has 3 N–H and O–H groups in total. The van der Waals surface area contributed by atoms with E-state index in [-0.39, 0.29) is 5.41 Å². The quantitative estimate of drug-likeness (QED) is 0.830. The molecule has 0 spiro atoms. The van der Waals surface area contributed by atoms with Crippen molar-refractivity contribution in [2.45, 2.75) is 18.3 Å². The van der Waals surface area contributed by atoms with E-state index >= 15 is 0 Å². The van der Waals surface area contributed by atoms with Gasteiger partial charge in [0.2, 0.25) is 0 Å². The smallest absolute Gasteiger partial charge is 0.312 e. The number of carbonyl (C=O) groups is 1. The van der Waals surface area contributed by atoms with E-state index in [1.54, 1.807) is 0 Å². The molecule has 1 fully saturated rings. The summed E-state index contributed by atoms with van der Waals surface area (Å²) in [5, 5.41) is 2.74. The molecule has 1 heterocycles. The van der Waals surface area contributed by atoms with Gasteiger partial charge in [0, 0.05) is 25.2 Å². The Kier molecular flexibility index (Phi) is 3.64. The molecule has 4 nitrogen and oxygen atoms in total. The van der Waals surface area contributed by atoms with E-state index in [2.05, 4.69) is 17.4 Å². The van der Waals surface area contributed by atoms with Gasteiger partial charge in [-0.15, -0.1) is 0 Å². The average Bonchev–Trinajstić information content (AvgIpc) is 2.39. The van der Waals surface area contributed by atoms with Crippen LogP contribution in [0.25, 0.3) is 0 Å². The van der Waals surface area contributed by atoms with Crippen LogP contribution in [0.4, 0.5) is 4.79 Å². The second kappa shape index (κ2) is 5.19. The fourth-order valence-corrected chi connectivity index (χ4v) is 2.38. The van der Waals surface area contributed by atoms with Crippen molar-refractivity contribution in [2.75, 3.05) is 19.8 Å². The largest absolute Gasteiger partial charge is 0.381 e. The summed E-state index contributed by atoms with van der Waals surface area (Å²) in [7, 11) is 0. The number of amides is 2. The maximum Gasteiger partial charge on any atom is 0.312 e. The second-order valence-electron chi connectivity index (χ2n) is 4.48. The lowest BCUT2D eigenvalue weighted by Gasteiger charge is -2.37. The van der Waals surface area contributed by atoms with Crippen LogP contribution < -0.4 is 11.1 Å². The van der Waals surface area contributed by atoms with Gasteiger partial charge in [0.15, 0.2) is 0 Å². The van der Waals surface area contributed by atoms with Gasteiger partial charge in [0.05, 0.1) is 0 Å². The number of primary amides is 1. The Hall–Kier alpha value is -1.55. The minimum atomic E-state index is -0.466. The van der Waals surface area contributed by atoms with E-state index < -0.39 is 6.03 Å². The van der Waals surface area contributed by atoms with Gasteiger partial charge in [0.1, 0.15) is 0 Å². The van der Waals surface area contributed by atoms with Gasteiger partial charge in [-0.3, -0.25) is 0 Å². The fraction of sp³-hybridized carbons (Fsp3) is 0.462. The van der Waals surface area contributed by atoms with Crippen molar-refractivity contribution in [2.24, 2.45) is 5.73 Å². The standard InChI is InChI=1S/C13H18N2O2/c14-12(16)15-10-13(6-8-17-9-7-13)11-4-2-1-3-5-11/h1-5H,6-10H2,(H3,14,15,16). The van der Waals surface area contributed by atoms with Crippen LogP contribution in [0.1, 0.15) is 18.4 Å². The summed E-state index contributed by atoms with van der Waals surface area (Å²) < 4.78 is 5.41. The van der Waals surface area contributed by atoms with Crippen LogP contribution in [0.15, 0.2) is 30.3 Å². The monoisotopic (exact) mass is 234 g/mol. The number of hydrogen-bond acceptors (Lipinski definition) is 2. The third-order valence-electron chi connectivity index (χ3n) is 3.44. The summed E-state index contributed by atoms with van der Waals surface area (Å²) in [6.07, 6.45) is 1.83. The molecule has 1 aliphatic rings. The van der Waals surface area contributed by atoms with Gasteiger partial charge in [-0.05, 0) is 18.4 Å². The van der Waals surface area contributed by atoms with Crippen LogP contribution in [0.2, 0.25) is 0 Å². The van der Waals surface area contributed by atoms with E-state index in [4.69, 9.17) is 10.5 Å². The van der Waals surface area contributed by atoms with Gasteiger partial charge in [-0.25, -0.2) is 4.79 Å². The molecule has 0 radical (unpaired) electrons. The Bertz CT molecular complexity index is 372. The number of nitrogens with two attached hydrogens (primary N) is 1. The Labute approximate surface area is 101 Å². The molecule has 1 aromatic rings. The number of benzene rings is 1. The molecule has 17 heavy (non-hydrogen) atoms. The van der Waals surface area contributed by atoms with Crippen molar-refractivity contribution in [3.05, 3.63) is 35.9 Å². The van der Waals surface area contributed by atoms with E-state index in [1.807, 2.05) is 18.2 Å². The van der Waals surface area contributed by atoms with E-state index in [0.29, 0.717) is 6.54 Å². The molecule has 0 atom stereocenters. The fourth-order valence-electron chi connectivity index (χ4n) is 2.38. The normalized spacial score (nSPS) is 18.6. The Morgan fingerprint density at radius 2 is 1.94 bits per heavy atom. The summed E-state index contributed by atoms with van der Waals surface area (Å²) in [5.74, 6) is 0. The topological polar surface area (TPSA) is 64.4 Å². The molecule has 0 aromatic heterocycles. The number of hydrogen-bond donors (Lipinski definition) is 2. The molecule has 92 valence electrons. The molecular formula is C13H18N2O2. The zero-order chi connectivity index (χ0) is 12.1. The first-order valence-corrected chi connectivity index (χ1v) is 5.90. The number of ether oxygens (including phenoxy) is 1. The predicted octanol–water partition coefficient (Wildman–Crippen LogP) is 1.40. The summed E-state index contributed by atoms with van der Waals surface area (Å²) >= 11 is 0. The van der Waals surface area contributed by atoms with Crippen molar-refractivity contribution in [1.82, 2.24) is 5.32 Å². The zero-order valence-corrected chi connectivity index (χ0v) is 9.82.